The van der Waals surface area contributed by atoms with Crippen LogP contribution in [0, 0.1) is 6.92 Å². The van der Waals surface area contributed by atoms with Crippen LogP contribution in [0.25, 0.3) is 11.0 Å². The molecule has 184 valence electrons. The summed E-state index contributed by atoms with van der Waals surface area (Å²) in [6, 6.07) is 8.35. The molecule has 0 bridgehead atoms. The number of nitrogens with one attached hydrogen (secondary N) is 1. The van der Waals surface area contributed by atoms with Gasteiger partial charge in [-0.05, 0) is 64.5 Å². The van der Waals surface area contributed by atoms with Crippen molar-refractivity contribution in [2.24, 2.45) is 4.99 Å². The van der Waals surface area contributed by atoms with Crippen molar-refractivity contribution in [3.8, 4) is 0 Å². The van der Waals surface area contributed by atoms with E-state index in [0.29, 0.717) is 12.2 Å². The Morgan fingerprint density at radius 2 is 2.03 bits per heavy atom. The molecule has 0 amide bonds. The maximum absolute atomic E-state index is 6.18. The smallest absolute Gasteiger partial charge is 0.193 e. The maximum Gasteiger partial charge on any atom is 0.193 e. The Labute approximate surface area is 215 Å². The van der Waals surface area contributed by atoms with E-state index < -0.39 is 0 Å². The summed E-state index contributed by atoms with van der Waals surface area (Å²) in [6.07, 6.45) is 7.36. The lowest BCUT2D eigenvalue weighted by atomic mass is 10.1. The average molecular weight is 570 g/mol. The first-order valence-corrected chi connectivity index (χ1v) is 12.4. The van der Waals surface area contributed by atoms with Gasteiger partial charge in [0.1, 0.15) is 5.82 Å². The number of imidazole rings is 1. The van der Waals surface area contributed by atoms with Crippen LogP contribution in [0.5, 0.6) is 0 Å². The molecule has 8 heteroatoms. The summed E-state index contributed by atoms with van der Waals surface area (Å²) in [5.74, 6) is 2.11. The van der Waals surface area contributed by atoms with E-state index in [2.05, 4.69) is 51.8 Å². The van der Waals surface area contributed by atoms with E-state index >= 15 is 0 Å². The number of aryl methyl sites for hydroxylation is 2. The monoisotopic (exact) mass is 569 g/mol. The molecule has 2 aliphatic heterocycles. The second-order valence-electron chi connectivity index (χ2n) is 8.90. The van der Waals surface area contributed by atoms with Crippen molar-refractivity contribution in [2.75, 3.05) is 39.4 Å². The molecule has 33 heavy (non-hydrogen) atoms. The molecule has 1 unspecified atom stereocenters. The van der Waals surface area contributed by atoms with Gasteiger partial charge in [-0.25, -0.2) is 4.98 Å². The van der Waals surface area contributed by atoms with Crippen LogP contribution in [-0.4, -0.2) is 72.0 Å². The lowest BCUT2D eigenvalue weighted by Gasteiger charge is -2.35. The molecule has 0 aliphatic carbocycles. The Kier molecular flexibility index (Phi) is 10.7. The molecule has 0 spiro atoms. The zero-order valence-electron chi connectivity index (χ0n) is 20.2. The number of aromatic nitrogens is 2. The van der Waals surface area contributed by atoms with E-state index in [9.17, 15) is 0 Å². The topological polar surface area (TPSA) is 63.9 Å². The van der Waals surface area contributed by atoms with Gasteiger partial charge >= 0.3 is 0 Å². The predicted molar refractivity (Wildman–Crippen MR) is 145 cm³/mol. The van der Waals surface area contributed by atoms with Crippen LogP contribution >= 0.6 is 24.0 Å². The molecule has 1 aromatic carbocycles. The van der Waals surface area contributed by atoms with Gasteiger partial charge in [-0.3, -0.25) is 4.99 Å². The molecule has 2 aromatic rings. The third-order valence-electron chi connectivity index (χ3n) is 6.52. The number of hydrogen-bond acceptors (Lipinski definition) is 4. The number of ether oxygens (including phenoxy) is 2. The molecular weight excluding hydrogens is 529 g/mol. The van der Waals surface area contributed by atoms with Crippen molar-refractivity contribution in [1.29, 1.82) is 0 Å². The standard InChI is InChI=1S/C25H39N5O2.HI/c1-3-26-25(27-14-8-15-30-20(2)28-23-10-4-5-11-24(23)30)29-16-12-21(13-17-29)32-19-22-9-6-7-18-31-22;/h4-5,10-11,21-22H,3,6-9,12-19H2,1-2H3,(H,26,27);1H. The van der Waals surface area contributed by atoms with Crippen LogP contribution in [0.1, 0.15) is 51.3 Å². The number of benzene rings is 1. The van der Waals surface area contributed by atoms with Gasteiger partial charge in [-0.15, -0.1) is 24.0 Å². The molecule has 1 atom stereocenters. The highest BCUT2D eigenvalue weighted by atomic mass is 127. The quantitative estimate of drug-likeness (QED) is 0.222. The number of aliphatic imine (C=N–C) groups is 1. The first-order valence-electron chi connectivity index (χ1n) is 12.4. The molecular formula is C25H40IN5O2. The second kappa shape index (κ2) is 13.5. The van der Waals surface area contributed by atoms with Gasteiger partial charge in [0.15, 0.2) is 5.96 Å². The third-order valence-corrected chi connectivity index (χ3v) is 6.52. The van der Waals surface area contributed by atoms with Crippen molar-refractivity contribution < 1.29 is 9.47 Å². The van der Waals surface area contributed by atoms with Gasteiger partial charge in [-0.2, -0.15) is 0 Å². The van der Waals surface area contributed by atoms with Gasteiger partial charge in [0.05, 0.1) is 29.8 Å². The van der Waals surface area contributed by atoms with Gasteiger partial charge < -0.3 is 24.3 Å². The number of guanidine groups is 1. The molecule has 4 rings (SSSR count). The fourth-order valence-corrected chi connectivity index (χ4v) is 4.73. The van der Waals surface area contributed by atoms with E-state index in [1.807, 2.05) is 6.07 Å². The highest BCUT2D eigenvalue weighted by Crippen LogP contribution is 2.18. The average Bonchev–Trinajstić information content (AvgIpc) is 3.15. The number of piperidine rings is 1. The van der Waals surface area contributed by atoms with Crippen LogP contribution in [0.2, 0.25) is 0 Å². The molecule has 0 saturated carbocycles. The van der Waals surface area contributed by atoms with Crippen molar-refractivity contribution >= 4 is 41.0 Å². The molecule has 0 radical (unpaired) electrons. The molecule has 1 aromatic heterocycles. The lowest BCUT2D eigenvalue weighted by Crippen LogP contribution is -2.47. The fourth-order valence-electron chi connectivity index (χ4n) is 4.73. The van der Waals surface area contributed by atoms with Crippen molar-refractivity contribution in [3.05, 3.63) is 30.1 Å². The summed E-state index contributed by atoms with van der Waals surface area (Å²) >= 11 is 0. The van der Waals surface area contributed by atoms with Crippen molar-refractivity contribution in [2.45, 2.75) is 71.1 Å². The minimum absolute atomic E-state index is 0. The number of halogens is 1. The summed E-state index contributed by atoms with van der Waals surface area (Å²) in [5, 5.41) is 3.48. The lowest BCUT2D eigenvalue weighted by molar-refractivity contribution is -0.0721. The Balaban J connectivity index is 0.00000306. The first-order chi connectivity index (χ1) is 15.7. The van der Waals surface area contributed by atoms with E-state index in [-0.39, 0.29) is 24.0 Å². The predicted octanol–water partition coefficient (Wildman–Crippen LogP) is 4.37. The first kappa shape index (κ1) is 26.2. The zero-order chi connectivity index (χ0) is 22.2. The Morgan fingerprint density at radius 1 is 1.21 bits per heavy atom. The summed E-state index contributed by atoms with van der Waals surface area (Å²) in [7, 11) is 0. The molecule has 2 saturated heterocycles. The normalized spacial score (nSPS) is 20.1. The van der Waals surface area contributed by atoms with Crippen molar-refractivity contribution in [1.82, 2.24) is 19.8 Å². The maximum atomic E-state index is 6.18. The van der Waals surface area contributed by atoms with Crippen LogP contribution in [-0.2, 0) is 16.0 Å². The number of para-hydroxylation sites is 2. The zero-order valence-corrected chi connectivity index (χ0v) is 22.5. The summed E-state index contributed by atoms with van der Waals surface area (Å²) < 4.78 is 14.3. The van der Waals surface area contributed by atoms with Gasteiger partial charge in [0, 0.05) is 39.3 Å². The Morgan fingerprint density at radius 3 is 2.79 bits per heavy atom. The Bertz CT molecular complexity index is 873. The summed E-state index contributed by atoms with van der Waals surface area (Å²) in [6.45, 7) is 10.5. The van der Waals surface area contributed by atoms with E-state index in [4.69, 9.17) is 14.5 Å². The highest BCUT2D eigenvalue weighted by Gasteiger charge is 2.23. The number of fused-ring (bicyclic) bond motifs is 1. The minimum atomic E-state index is 0. The number of likely N-dealkylation sites (tertiary alicyclic amines) is 1. The van der Waals surface area contributed by atoms with Gasteiger partial charge in [-0.1, -0.05) is 12.1 Å². The SMILES string of the molecule is CCNC(=NCCCn1c(C)nc2ccccc21)N1CCC(OCC2CCCCO2)CC1.I. The highest BCUT2D eigenvalue weighted by molar-refractivity contribution is 14.0. The molecule has 7 nitrogen and oxygen atoms in total. The molecule has 2 aliphatic rings. The van der Waals surface area contributed by atoms with Gasteiger partial charge in [0.2, 0.25) is 0 Å². The minimum Gasteiger partial charge on any atom is -0.376 e. The van der Waals surface area contributed by atoms with Crippen molar-refractivity contribution in [3.63, 3.8) is 0 Å². The number of rotatable bonds is 8. The van der Waals surface area contributed by atoms with Gasteiger partial charge in [0.25, 0.3) is 0 Å². The van der Waals surface area contributed by atoms with E-state index in [0.717, 1.165) is 88.9 Å². The summed E-state index contributed by atoms with van der Waals surface area (Å²) in [4.78, 5) is 12.0. The second-order valence-corrected chi connectivity index (χ2v) is 8.90. The number of hydrogen-bond donors (Lipinski definition) is 1. The van der Waals surface area contributed by atoms with E-state index in [1.165, 1.54) is 18.4 Å². The summed E-state index contributed by atoms with van der Waals surface area (Å²) in [5.41, 5.74) is 2.28. The molecule has 3 heterocycles. The molecule has 2 fully saturated rings. The molecule has 1 N–H and O–H groups in total. The number of nitrogens with zero attached hydrogens (tertiary/aromatic N) is 4. The van der Waals surface area contributed by atoms with E-state index in [1.54, 1.807) is 0 Å². The van der Waals surface area contributed by atoms with Crippen LogP contribution in [0.15, 0.2) is 29.3 Å². The van der Waals surface area contributed by atoms with Crippen LogP contribution < -0.4 is 5.32 Å². The van der Waals surface area contributed by atoms with Crippen LogP contribution in [0.3, 0.4) is 0 Å². The fraction of sp³-hybridized carbons (Fsp3) is 0.680. The largest absolute Gasteiger partial charge is 0.376 e. The Hall–Kier alpha value is -1.39. The third kappa shape index (κ3) is 7.29. The van der Waals surface area contributed by atoms with Crippen LogP contribution in [0.4, 0.5) is 0 Å².